The highest BCUT2D eigenvalue weighted by Crippen LogP contribution is 2.20. The quantitative estimate of drug-likeness (QED) is 0.502. The van der Waals surface area contributed by atoms with Crippen LogP contribution in [-0.2, 0) is 4.74 Å². The van der Waals surface area contributed by atoms with E-state index in [1.165, 1.54) is 19.3 Å². The van der Waals surface area contributed by atoms with Crippen LogP contribution in [0.2, 0.25) is 0 Å². The van der Waals surface area contributed by atoms with Gasteiger partial charge in [0.2, 0.25) is 0 Å². The molecule has 56 valence electrons. The van der Waals surface area contributed by atoms with E-state index < -0.39 is 0 Å². The van der Waals surface area contributed by atoms with Crippen molar-refractivity contribution in [2.45, 2.75) is 25.3 Å². The Labute approximate surface area is 61.5 Å². The average Bonchev–Trinajstić information content (AvgIpc) is 2.05. The van der Waals surface area contributed by atoms with Crippen LogP contribution in [0.3, 0.4) is 0 Å². The second kappa shape index (κ2) is 2.62. The van der Waals surface area contributed by atoms with Crippen molar-refractivity contribution in [3.05, 3.63) is 12.3 Å². The van der Waals surface area contributed by atoms with Crippen molar-refractivity contribution in [3.63, 3.8) is 0 Å². The van der Waals surface area contributed by atoms with Crippen LogP contribution < -0.4 is 0 Å². The van der Waals surface area contributed by atoms with E-state index in [9.17, 15) is 0 Å². The van der Waals surface area contributed by atoms with E-state index in [1.54, 1.807) is 0 Å². The number of allylic oxidation sites excluding steroid dienone is 1. The molecule has 2 aliphatic rings. The highest BCUT2D eigenvalue weighted by Gasteiger charge is 2.20. The molecule has 0 aromatic heterocycles. The lowest BCUT2D eigenvalue weighted by Gasteiger charge is -2.36. The summed E-state index contributed by atoms with van der Waals surface area (Å²) in [4.78, 5) is 2.30. The molecular weight excluding hydrogens is 126 g/mol. The Morgan fingerprint density at radius 2 is 2.40 bits per heavy atom. The molecule has 2 heterocycles. The van der Waals surface area contributed by atoms with Gasteiger partial charge in [0, 0.05) is 6.04 Å². The molecule has 0 amide bonds. The van der Waals surface area contributed by atoms with Gasteiger partial charge in [-0.15, -0.1) is 0 Å². The van der Waals surface area contributed by atoms with Gasteiger partial charge in [0.05, 0.1) is 6.61 Å². The van der Waals surface area contributed by atoms with Gasteiger partial charge in [-0.2, -0.15) is 0 Å². The topological polar surface area (TPSA) is 12.5 Å². The maximum absolute atomic E-state index is 5.31. The van der Waals surface area contributed by atoms with Crippen LogP contribution in [0.25, 0.3) is 0 Å². The van der Waals surface area contributed by atoms with Crippen LogP contribution in [0.5, 0.6) is 0 Å². The first-order valence-corrected chi connectivity index (χ1v) is 3.97. The molecule has 2 heteroatoms. The molecule has 0 saturated carbocycles. The fourth-order valence-electron chi connectivity index (χ4n) is 1.63. The highest BCUT2D eigenvalue weighted by atomic mass is 16.5. The minimum atomic E-state index is 0.777. The van der Waals surface area contributed by atoms with Crippen LogP contribution in [0, 0.1) is 0 Å². The first-order valence-electron chi connectivity index (χ1n) is 3.97. The standard InChI is InChI=1S/C8H13NO/c1-2-5-9-7-10-6-4-8(9)3-1/h2,5,8H,1,3-4,6-7H2. The van der Waals surface area contributed by atoms with Gasteiger partial charge in [0.15, 0.2) is 0 Å². The fraction of sp³-hybridized carbons (Fsp3) is 0.750. The molecule has 0 aromatic carbocycles. The zero-order valence-electron chi connectivity index (χ0n) is 6.12. The molecule has 10 heavy (non-hydrogen) atoms. The molecule has 1 saturated heterocycles. The van der Waals surface area contributed by atoms with Gasteiger partial charge in [-0.3, -0.25) is 0 Å². The number of hydrogen-bond donors (Lipinski definition) is 0. The third kappa shape index (κ3) is 1.03. The summed E-state index contributed by atoms with van der Waals surface area (Å²) >= 11 is 0. The predicted molar refractivity (Wildman–Crippen MR) is 39.4 cm³/mol. The normalized spacial score (nSPS) is 32.0. The minimum absolute atomic E-state index is 0.777. The average molecular weight is 139 g/mol. The Morgan fingerprint density at radius 3 is 3.30 bits per heavy atom. The zero-order valence-corrected chi connectivity index (χ0v) is 6.12. The minimum Gasteiger partial charge on any atom is -0.361 e. The Bertz CT molecular complexity index is 144. The third-order valence-corrected chi connectivity index (χ3v) is 2.27. The van der Waals surface area contributed by atoms with Crippen LogP contribution in [0.1, 0.15) is 19.3 Å². The zero-order chi connectivity index (χ0) is 6.81. The molecule has 2 nitrogen and oxygen atoms in total. The van der Waals surface area contributed by atoms with Crippen LogP contribution >= 0.6 is 0 Å². The van der Waals surface area contributed by atoms with E-state index in [1.807, 2.05) is 0 Å². The molecule has 0 aromatic rings. The predicted octanol–water partition coefficient (Wildman–Crippen LogP) is 1.34. The fourth-order valence-corrected chi connectivity index (χ4v) is 1.63. The molecule has 1 unspecified atom stereocenters. The van der Waals surface area contributed by atoms with Gasteiger partial charge in [0.1, 0.15) is 6.73 Å². The Hall–Kier alpha value is -0.500. The molecule has 1 fully saturated rings. The molecule has 0 radical (unpaired) electrons. The third-order valence-electron chi connectivity index (χ3n) is 2.27. The van der Waals surface area contributed by atoms with Crippen molar-refractivity contribution in [3.8, 4) is 0 Å². The lowest BCUT2D eigenvalue weighted by Crippen LogP contribution is -2.39. The maximum Gasteiger partial charge on any atom is 0.118 e. The number of ether oxygens (including phenoxy) is 1. The van der Waals surface area contributed by atoms with Crippen molar-refractivity contribution in [2.24, 2.45) is 0 Å². The highest BCUT2D eigenvalue weighted by molar-refractivity contribution is 4.93. The summed E-state index contributed by atoms with van der Waals surface area (Å²) in [5, 5.41) is 0. The lowest BCUT2D eigenvalue weighted by atomic mass is 10.0. The second-order valence-electron chi connectivity index (χ2n) is 2.96. The van der Waals surface area contributed by atoms with Gasteiger partial charge in [-0.1, -0.05) is 6.08 Å². The first-order chi connectivity index (χ1) is 4.97. The summed E-state index contributed by atoms with van der Waals surface area (Å²) < 4.78 is 5.31. The largest absolute Gasteiger partial charge is 0.361 e. The molecule has 0 aliphatic carbocycles. The van der Waals surface area contributed by atoms with Gasteiger partial charge in [-0.05, 0) is 25.5 Å². The van der Waals surface area contributed by atoms with E-state index >= 15 is 0 Å². The Kier molecular flexibility index (Phi) is 1.63. The van der Waals surface area contributed by atoms with Crippen LogP contribution in [-0.4, -0.2) is 24.3 Å². The van der Waals surface area contributed by atoms with E-state index in [0.717, 1.165) is 19.4 Å². The smallest absolute Gasteiger partial charge is 0.118 e. The molecule has 0 spiro atoms. The SMILES string of the molecule is C1=CN2COCCC2CC1. The van der Waals surface area contributed by atoms with Gasteiger partial charge >= 0.3 is 0 Å². The monoisotopic (exact) mass is 139 g/mol. The van der Waals surface area contributed by atoms with Crippen molar-refractivity contribution < 1.29 is 4.74 Å². The van der Waals surface area contributed by atoms with E-state index in [-0.39, 0.29) is 0 Å². The summed E-state index contributed by atoms with van der Waals surface area (Å²) in [5.74, 6) is 0. The van der Waals surface area contributed by atoms with Crippen molar-refractivity contribution in [1.82, 2.24) is 4.90 Å². The van der Waals surface area contributed by atoms with Crippen molar-refractivity contribution >= 4 is 0 Å². The first kappa shape index (κ1) is 6.23. The van der Waals surface area contributed by atoms with E-state index in [2.05, 4.69) is 17.2 Å². The Morgan fingerprint density at radius 1 is 1.40 bits per heavy atom. The van der Waals surface area contributed by atoms with Crippen molar-refractivity contribution in [2.75, 3.05) is 13.3 Å². The summed E-state index contributed by atoms with van der Waals surface area (Å²) in [6.45, 7) is 1.76. The summed E-state index contributed by atoms with van der Waals surface area (Å²) in [7, 11) is 0. The molecular formula is C8H13NO. The van der Waals surface area contributed by atoms with Gasteiger partial charge < -0.3 is 9.64 Å². The van der Waals surface area contributed by atoms with Crippen LogP contribution in [0.4, 0.5) is 0 Å². The Balaban J connectivity index is 2.03. The number of fused-ring (bicyclic) bond motifs is 1. The van der Waals surface area contributed by atoms with Gasteiger partial charge in [0.25, 0.3) is 0 Å². The number of nitrogens with zero attached hydrogens (tertiary/aromatic N) is 1. The molecule has 0 bridgehead atoms. The van der Waals surface area contributed by atoms with Crippen LogP contribution in [0.15, 0.2) is 12.3 Å². The summed E-state index contributed by atoms with van der Waals surface area (Å²) in [6.07, 6.45) is 8.18. The van der Waals surface area contributed by atoms with E-state index in [4.69, 9.17) is 4.74 Å². The number of rotatable bonds is 0. The van der Waals surface area contributed by atoms with Crippen molar-refractivity contribution in [1.29, 1.82) is 0 Å². The molecule has 1 atom stereocenters. The molecule has 2 rings (SSSR count). The number of hydrogen-bond acceptors (Lipinski definition) is 2. The molecule has 2 aliphatic heterocycles. The lowest BCUT2D eigenvalue weighted by molar-refractivity contribution is -0.0254. The van der Waals surface area contributed by atoms with Gasteiger partial charge in [-0.25, -0.2) is 0 Å². The second-order valence-corrected chi connectivity index (χ2v) is 2.96. The summed E-state index contributed by atoms with van der Waals surface area (Å²) in [5.41, 5.74) is 0. The summed E-state index contributed by atoms with van der Waals surface area (Å²) in [6, 6.07) is 0.777. The molecule has 0 N–H and O–H groups in total. The maximum atomic E-state index is 5.31. The van der Waals surface area contributed by atoms with E-state index in [0.29, 0.717) is 0 Å².